The summed E-state index contributed by atoms with van der Waals surface area (Å²) < 4.78 is 60.0. The molecule has 0 radical (unpaired) electrons. The highest BCUT2D eigenvalue weighted by atomic mass is 32.2. The minimum Gasteiger partial charge on any atom is -0.475 e. The number of alkyl halides is 3. The quantitative estimate of drug-likeness (QED) is 0.620. The molecule has 0 bridgehead atoms. The number of aryl methyl sites for hydroxylation is 2. The number of amides is 1. The van der Waals surface area contributed by atoms with E-state index in [2.05, 4.69) is 10.8 Å². The van der Waals surface area contributed by atoms with E-state index in [4.69, 9.17) is 15.2 Å². The zero-order chi connectivity index (χ0) is 26.5. The van der Waals surface area contributed by atoms with Gasteiger partial charge in [0.05, 0.1) is 16.5 Å². The number of nitrogens with zero attached hydrogens (tertiary/aromatic N) is 2. The number of hydrogen-bond donors (Lipinski definition) is 2. The van der Waals surface area contributed by atoms with Gasteiger partial charge in [-0.25, -0.2) is 13.2 Å². The minimum absolute atomic E-state index is 0.228. The molecule has 2 aromatic rings. The van der Waals surface area contributed by atoms with Crippen LogP contribution < -0.4 is 4.72 Å². The lowest BCUT2D eigenvalue weighted by atomic mass is 9.92. The lowest BCUT2D eigenvalue weighted by Crippen LogP contribution is -2.41. The number of carboxylic acid groups (broad SMARTS) is 1. The molecule has 0 spiro atoms. The number of benzene rings is 2. The third-order valence-electron chi connectivity index (χ3n) is 5.90. The van der Waals surface area contributed by atoms with Crippen LogP contribution in [0.4, 0.5) is 13.2 Å². The average molecular weight is 524 g/mol. The van der Waals surface area contributed by atoms with Crippen LogP contribution >= 0.6 is 0 Å². The van der Waals surface area contributed by atoms with Gasteiger partial charge < -0.3 is 10.0 Å². The molecule has 0 aromatic heterocycles. The zero-order valence-corrected chi connectivity index (χ0v) is 19.9. The number of likely N-dealkylation sites (tertiary alicyclic amines) is 1. The van der Waals surface area contributed by atoms with E-state index in [-0.39, 0.29) is 10.8 Å². The zero-order valence-electron chi connectivity index (χ0n) is 19.1. The van der Waals surface area contributed by atoms with Crippen molar-refractivity contribution in [2.45, 2.75) is 55.8 Å². The monoisotopic (exact) mass is 523 g/mol. The summed E-state index contributed by atoms with van der Waals surface area (Å²) >= 11 is 0. The Morgan fingerprint density at radius 3 is 2.44 bits per heavy atom. The van der Waals surface area contributed by atoms with E-state index in [0.29, 0.717) is 25.1 Å². The highest BCUT2D eigenvalue weighted by molar-refractivity contribution is 7.89. The Bertz CT molecular complexity index is 1290. The first kappa shape index (κ1) is 27.2. The molecule has 4 rings (SSSR count). The molecule has 1 amide bonds. The maximum atomic E-state index is 12.9. The molecule has 1 saturated heterocycles. The van der Waals surface area contributed by atoms with Crippen molar-refractivity contribution in [3.63, 3.8) is 0 Å². The van der Waals surface area contributed by atoms with Crippen molar-refractivity contribution in [2.75, 3.05) is 6.54 Å². The fourth-order valence-electron chi connectivity index (χ4n) is 4.10. The van der Waals surface area contributed by atoms with Crippen molar-refractivity contribution >= 4 is 21.9 Å². The van der Waals surface area contributed by atoms with Gasteiger partial charge in [0.2, 0.25) is 15.9 Å². The Labute approximate surface area is 206 Å². The van der Waals surface area contributed by atoms with Crippen molar-refractivity contribution in [2.24, 2.45) is 0 Å². The molecular formula is C24H24F3N3O5S. The predicted octanol–water partition coefficient (Wildman–Crippen LogP) is 3.15. The summed E-state index contributed by atoms with van der Waals surface area (Å²) in [5.74, 6) is -2.98. The van der Waals surface area contributed by atoms with Crippen LogP contribution in [0.15, 0.2) is 47.4 Å². The molecule has 0 saturated carbocycles. The van der Waals surface area contributed by atoms with Gasteiger partial charge in [0.1, 0.15) is 6.04 Å². The Morgan fingerprint density at radius 1 is 1.14 bits per heavy atom. The van der Waals surface area contributed by atoms with E-state index in [0.717, 1.165) is 36.8 Å². The van der Waals surface area contributed by atoms with Crippen LogP contribution in [0.3, 0.4) is 0 Å². The average Bonchev–Trinajstić information content (AvgIpc) is 3.16. The third-order valence-corrected chi connectivity index (χ3v) is 7.37. The normalized spacial score (nSPS) is 17.6. The highest BCUT2D eigenvalue weighted by Crippen LogP contribution is 2.25. The van der Waals surface area contributed by atoms with Crippen LogP contribution in [0.1, 0.15) is 41.5 Å². The lowest BCUT2D eigenvalue weighted by molar-refractivity contribution is -0.192. The summed E-state index contributed by atoms with van der Waals surface area (Å²) in [7, 11) is -3.76. The number of nitrogens with one attached hydrogen (secondary N) is 1. The second-order valence-electron chi connectivity index (χ2n) is 8.48. The van der Waals surface area contributed by atoms with Crippen molar-refractivity contribution in [3.8, 4) is 6.07 Å². The van der Waals surface area contributed by atoms with Crippen molar-refractivity contribution in [1.82, 2.24) is 9.62 Å². The standard InChI is InChI=1S/C22H23N3O3S.C2HF3O2/c23-14-16-4-3-5-17(12-16)15-25-11-10-21(22(25)26)24-29(27,28)20-9-8-18-6-1-2-7-19(18)13-20;3-2(4,5)1(6)7/h3-5,8-9,12-13,21,24H,1-2,6-7,10-11,15H2;(H,6,7)/t21-;/m0./s1. The topological polar surface area (TPSA) is 128 Å². The summed E-state index contributed by atoms with van der Waals surface area (Å²) in [6, 6.07) is 13.7. The number of aliphatic carboxylic acids is 1. The van der Waals surface area contributed by atoms with E-state index in [1.54, 1.807) is 35.2 Å². The summed E-state index contributed by atoms with van der Waals surface area (Å²) in [5, 5.41) is 16.1. The molecular weight excluding hydrogens is 499 g/mol. The van der Waals surface area contributed by atoms with Gasteiger partial charge in [-0.05, 0) is 73.1 Å². The fraction of sp³-hybridized carbons (Fsp3) is 0.375. The van der Waals surface area contributed by atoms with E-state index in [9.17, 15) is 26.4 Å². The van der Waals surface area contributed by atoms with Crippen molar-refractivity contribution in [1.29, 1.82) is 5.26 Å². The predicted molar refractivity (Wildman–Crippen MR) is 122 cm³/mol. The molecule has 1 aliphatic heterocycles. The number of halogens is 3. The molecule has 192 valence electrons. The number of carbonyl (C=O) groups is 2. The van der Waals surface area contributed by atoms with Crippen LogP contribution in [-0.4, -0.2) is 49.1 Å². The number of nitriles is 1. The third kappa shape index (κ3) is 6.83. The first-order valence-electron chi connectivity index (χ1n) is 11.1. The summed E-state index contributed by atoms with van der Waals surface area (Å²) in [6.07, 6.45) is -0.544. The van der Waals surface area contributed by atoms with Crippen LogP contribution in [0.25, 0.3) is 0 Å². The molecule has 1 fully saturated rings. The SMILES string of the molecule is N#Cc1cccc(CN2CC[C@H](NS(=O)(=O)c3ccc4c(c3)CCCC4)C2=O)c1.O=C(O)C(F)(F)F. The maximum absolute atomic E-state index is 12.9. The van der Waals surface area contributed by atoms with Crippen molar-refractivity contribution < 1.29 is 36.3 Å². The molecule has 36 heavy (non-hydrogen) atoms. The van der Waals surface area contributed by atoms with Gasteiger partial charge in [0.15, 0.2) is 0 Å². The molecule has 8 nitrogen and oxygen atoms in total. The van der Waals surface area contributed by atoms with Crippen LogP contribution in [0.5, 0.6) is 0 Å². The smallest absolute Gasteiger partial charge is 0.475 e. The lowest BCUT2D eigenvalue weighted by Gasteiger charge is -2.19. The van der Waals surface area contributed by atoms with Crippen LogP contribution in [0.2, 0.25) is 0 Å². The van der Waals surface area contributed by atoms with Gasteiger partial charge in [-0.1, -0.05) is 18.2 Å². The number of sulfonamides is 1. The van der Waals surface area contributed by atoms with E-state index in [1.807, 2.05) is 12.1 Å². The largest absolute Gasteiger partial charge is 0.490 e. The first-order valence-corrected chi connectivity index (χ1v) is 12.6. The summed E-state index contributed by atoms with van der Waals surface area (Å²) in [4.78, 5) is 23.5. The van der Waals surface area contributed by atoms with Gasteiger partial charge in [-0.2, -0.15) is 23.2 Å². The molecule has 1 heterocycles. The summed E-state index contributed by atoms with van der Waals surface area (Å²) in [6.45, 7) is 0.846. The van der Waals surface area contributed by atoms with Gasteiger partial charge in [-0.15, -0.1) is 0 Å². The van der Waals surface area contributed by atoms with Crippen molar-refractivity contribution in [3.05, 3.63) is 64.7 Å². The molecule has 1 aliphatic carbocycles. The van der Waals surface area contributed by atoms with E-state index in [1.165, 1.54) is 5.56 Å². The number of carbonyl (C=O) groups excluding carboxylic acids is 1. The Hall–Kier alpha value is -3.43. The van der Waals surface area contributed by atoms with Gasteiger partial charge in [0, 0.05) is 13.1 Å². The molecule has 2 aromatic carbocycles. The van der Waals surface area contributed by atoms with Gasteiger partial charge in [-0.3, -0.25) is 4.79 Å². The molecule has 2 N–H and O–H groups in total. The Balaban J connectivity index is 0.000000454. The second-order valence-corrected chi connectivity index (χ2v) is 10.2. The molecule has 12 heteroatoms. The minimum atomic E-state index is -5.08. The van der Waals surface area contributed by atoms with Gasteiger partial charge in [0.25, 0.3) is 0 Å². The van der Waals surface area contributed by atoms with Crippen LogP contribution in [-0.2, 0) is 39.0 Å². The number of hydrogen-bond acceptors (Lipinski definition) is 5. The number of carboxylic acids is 1. The second kappa shape index (κ2) is 11.1. The summed E-state index contributed by atoms with van der Waals surface area (Å²) in [5.41, 5.74) is 3.71. The highest BCUT2D eigenvalue weighted by Gasteiger charge is 2.38. The Morgan fingerprint density at radius 2 is 1.81 bits per heavy atom. The maximum Gasteiger partial charge on any atom is 0.490 e. The van der Waals surface area contributed by atoms with Crippen LogP contribution in [0, 0.1) is 11.3 Å². The fourth-order valence-corrected chi connectivity index (χ4v) is 5.37. The molecule has 0 unspecified atom stereocenters. The number of rotatable bonds is 5. The number of fused-ring (bicyclic) bond motifs is 1. The molecule has 2 aliphatic rings. The Kier molecular flexibility index (Phi) is 8.37. The van der Waals surface area contributed by atoms with Gasteiger partial charge >= 0.3 is 12.1 Å². The molecule has 1 atom stereocenters. The van der Waals surface area contributed by atoms with E-state index >= 15 is 0 Å². The van der Waals surface area contributed by atoms with E-state index < -0.39 is 28.2 Å². The first-order chi connectivity index (χ1) is 16.9.